The van der Waals surface area contributed by atoms with E-state index in [0.717, 1.165) is 24.5 Å². The molecule has 0 radical (unpaired) electrons. The van der Waals surface area contributed by atoms with Crippen LogP contribution in [0.4, 0.5) is 39.4 Å². The highest BCUT2D eigenvalue weighted by molar-refractivity contribution is 7.87. The van der Waals surface area contributed by atoms with Gasteiger partial charge in [-0.2, -0.15) is 0 Å². The summed E-state index contributed by atoms with van der Waals surface area (Å²) in [6, 6.07) is 7.19. The van der Waals surface area contributed by atoms with Crippen molar-refractivity contribution in [2.45, 2.75) is 29.4 Å². The quantitative estimate of drug-likeness (QED) is 0.0745. The highest BCUT2D eigenvalue weighted by atomic mass is 32.2. The number of aryl methyl sites for hydroxylation is 4. The molecule has 39 heteroatoms. The summed E-state index contributed by atoms with van der Waals surface area (Å²) in [6.45, 7) is 0. The number of nitrogens with one attached hydrogen (secondary N) is 6. The van der Waals surface area contributed by atoms with Crippen LogP contribution in [0, 0.1) is 0 Å². The van der Waals surface area contributed by atoms with E-state index in [0.29, 0.717) is 48.5 Å². The van der Waals surface area contributed by atoms with Gasteiger partial charge < -0.3 is 66.9 Å². The summed E-state index contributed by atoms with van der Waals surface area (Å²) in [5, 5.41) is 10.7. The first-order valence-corrected chi connectivity index (χ1v) is 31.0. The molecule has 4 heterocycles. The fraction of sp³-hybridized carbons (Fsp3) is 0.0889. The average molecular weight is 1280 g/mol. The van der Waals surface area contributed by atoms with Gasteiger partial charge in [-0.05, 0) is 72.8 Å². The van der Waals surface area contributed by atoms with E-state index in [1.807, 2.05) is 0 Å². The summed E-state index contributed by atoms with van der Waals surface area (Å²) in [6.07, 6.45) is 4.82. The van der Waals surface area contributed by atoms with E-state index >= 15 is 0 Å². The second-order valence-corrected chi connectivity index (χ2v) is 26.0. The number of fused-ring (bicyclic) bond motifs is 2. The minimum Gasteiger partial charge on any atom is -0.744 e. The molecule has 0 unspecified atom stereocenters. The monoisotopic (exact) mass is 1270 g/mol. The van der Waals surface area contributed by atoms with Crippen molar-refractivity contribution in [1.29, 1.82) is 0 Å². The van der Waals surface area contributed by atoms with Gasteiger partial charge in [-0.3, -0.25) is 29.8 Å². The number of aromatic nitrogens is 4. The smallest absolute Gasteiger partial charge is 0.325 e. The van der Waals surface area contributed by atoms with Gasteiger partial charge in [0.15, 0.2) is 0 Å². The van der Waals surface area contributed by atoms with Crippen molar-refractivity contribution < 1.29 is 102 Å². The zero-order valence-electron chi connectivity index (χ0n) is 42.4. The minimum absolute atomic E-state index is 0.0308. The minimum atomic E-state index is -5.63. The highest BCUT2D eigenvalue weighted by Gasteiger charge is 2.26. The van der Waals surface area contributed by atoms with Crippen molar-refractivity contribution >= 4 is 147 Å². The number of carbonyl (C=O) groups is 5. The third-order valence-electron chi connectivity index (χ3n) is 12.2. The Hall–Kier alpha value is -8.87. The maximum atomic E-state index is 13.5. The summed E-state index contributed by atoms with van der Waals surface area (Å²) in [5.41, 5.74) is -2.61. The van der Waals surface area contributed by atoms with Crippen molar-refractivity contribution in [3.63, 3.8) is 0 Å². The molecule has 0 aliphatic rings. The van der Waals surface area contributed by atoms with Crippen LogP contribution in [0.3, 0.4) is 0 Å². The molecule has 0 spiro atoms. The molecule has 8 aromatic rings. The Balaban J connectivity index is 0.927. The van der Waals surface area contributed by atoms with Crippen LogP contribution in [0.1, 0.15) is 41.4 Å². The average Bonchev–Trinajstić information content (AvgIpc) is 1.19. The van der Waals surface area contributed by atoms with E-state index in [4.69, 9.17) is 0 Å². The number of amides is 6. The van der Waals surface area contributed by atoms with Crippen LogP contribution in [-0.2, 0) is 88.9 Å². The number of carbonyl (C=O) groups excluding carboxylic acids is 5. The van der Waals surface area contributed by atoms with Crippen LogP contribution in [0.2, 0.25) is 0 Å². The highest BCUT2D eigenvalue weighted by Crippen LogP contribution is 2.38. The summed E-state index contributed by atoms with van der Waals surface area (Å²) >= 11 is 0. The van der Waals surface area contributed by atoms with E-state index in [9.17, 15) is 102 Å². The van der Waals surface area contributed by atoms with Crippen molar-refractivity contribution in [3.05, 3.63) is 120 Å². The number of rotatable bonds is 16. The molecule has 8 rings (SSSR count). The Bertz CT molecular complexity index is 4640. The summed E-state index contributed by atoms with van der Waals surface area (Å²) < 4.78 is 223. The lowest BCUT2D eigenvalue weighted by Crippen LogP contribution is -2.22. The van der Waals surface area contributed by atoms with Gasteiger partial charge >= 0.3 is 6.03 Å². The van der Waals surface area contributed by atoms with Gasteiger partial charge in [-0.15, -0.1) is 0 Å². The van der Waals surface area contributed by atoms with Crippen LogP contribution < -0.4 is 31.9 Å². The molecule has 4 aromatic heterocycles. The van der Waals surface area contributed by atoms with Gasteiger partial charge in [-0.25, -0.2) is 55.3 Å². The zero-order chi connectivity index (χ0) is 62.3. The first kappa shape index (κ1) is 61.2. The van der Waals surface area contributed by atoms with Crippen molar-refractivity contribution in [3.8, 4) is 0 Å². The van der Waals surface area contributed by atoms with E-state index < -0.39 is 153 Å². The first-order valence-electron chi connectivity index (χ1n) is 22.6. The fourth-order valence-electron chi connectivity index (χ4n) is 8.40. The maximum absolute atomic E-state index is 13.5. The Morgan fingerprint density at radius 3 is 0.762 bits per heavy atom. The van der Waals surface area contributed by atoms with Gasteiger partial charge in [0, 0.05) is 74.5 Å². The molecule has 6 amide bonds. The number of hydrogen-bond acceptors (Lipinski definition) is 23. The maximum Gasteiger partial charge on any atom is 0.325 e. The molecule has 33 nitrogen and oxygen atoms in total. The van der Waals surface area contributed by atoms with Crippen LogP contribution in [0.15, 0.2) is 127 Å². The normalized spacial score (nSPS) is 12.5. The SMILES string of the molecule is Cn1cc(C(=O)Nc2cc(C(=O)Nc3cc4c(S(=O)(=O)[O-])ccc(S(=O)(=O)[O-])c4cc3S(=O)(=O)[O-])cn2C)cc1NC(=O)Nc1cc(C(=O)Nc2cc(C(=O)Nc3cc4c(S(=O)(=O)[O-])ccc(S(=O)(=O)[O-])c4cc3S(=O)(=O)[O-])cn2C)cn1C. The third-order valence-corrected chi connectivity index (χ3v) is 17.6. The lowest BCUT2D eigenvalue weighted by atomic mass is 10.1. The number of hydrogen-bond donors (Lipinski definition) is 6. The Labute approximate surface area is 473 Å². The Kier molecular flexibility index (Phi) is 15.6. The topological polar surface area (TPSA) is 520 Å². The van der Waals surface area contributed by atoms with Gasteiger partial charge in [-0.1, -0.05) is 0 Å². The molecule has 0 atom stereocenters. The molecule has 0 aliphatic carbocycles. The van der Waals surface area contributed by atoms with Gasteiger partial charge in [0.05, 0.1) is 63.0 Å². The molecule has 0 fully saturated rings. The molecule has 84 heavy (non-hydrogen) atoms. The molecular weight excluding hydrogens is 1240 g/mol. The number of benzene rings is 4. The van der Waals surface area contributed by atoms with Crippen molar-refractivity contribution in [2.24, 2.45) is 28.2 Å². The lowest BCUT2D eigenvalue weighted by Gasteiger charge is -2.20. The van der Waals surface area contributed by atoms with Crippen LogP contribution in [0.5, 0.6) is 0 Å². The number of anilines is 6. The first-order chi connectivity index (χ1) is 38.6. The molecule has 0 saturated heterocycles. The zero-order valence-corrected chi connectivity index (χ0v) is 47.3. The predicted octanol–water partition coefficient (Wildman–Crippen LogP) is 1.42. The standard InChI is InChI=1S/C45H40N10O23S6/c1-52-17-21(41(56)46-29-13-25-27(15-35(29)83(73,74)75)33(81(67,68)69)7-5-31(25)79(61,62)63)9-37(52)48-43(58)23-11-39(54(3)19-23)50-45(60)51-40-12-24(20-55(40)4)44(59)49-38-10-22(18-53(38)2)42(57)47-30-14-26-28(16-36(30)84(76,77)78)34(82(70,71)72)8-6-32(26)80(64,65)66/h5-20H,1-4H3,(H,46,56)(H,47,57)(H,48,58)(H,49,59)(H2,50,51,60)(H,61,62,63)(H,64,65,66)(H,67,68,69)(H,70,71,72)(H,73,74,75)(H,76,77,78)/p-6. The Morgan fingerprint density at radius 1 is 0.310 bits per heavy atom. The van der Waals surface area contributed by atoms with Crippen molar-refractivity contribution in [2.75, 3.05) is 31.9 Å². The molecule has 6 N–H and O–H groups in total. The molecule has 0 saturated carbocycles. The molecule has 0 bridgehead atoms. The third kappa shape index (κ3) is 12.7. The van der Waals surface area contributed by atoms with Crippen LogP contribution in [0.25, 0.3) is 21.5 Å². The van der Waals surface area contributed by atoms with E-state index in [1.165, 1.54) is 71.0 Å². The summed E-state index contributed by atoms with van der Waals surface area (Å²) in [7, 11) is -27.5. The van der Waals surface area contributed by atoms with Crippen LogP contribution >= 0.6 is 0 Å². The molecule has 444 valence electrons. The summed E-state index contributed by atoms with van der Waals surface area (Å²) in [4.78, 5) is 59.8. The second-order valence-electron chi connectivity index (χ2n) is 17.9. The van der Waals surface area contributed by atoms with E-state index in [1.54, 1.807) is 0 Å². The van der Waals surface area contributed by atoms with E-state index in [2.05, 4.69) is 31.9 Å². The Morgan fingerprint density at radius 2 is 0.524 bits per heavy atom. The lowest BCUT2D eigenvalue weighted by molar-refractivity contribution is 0.101. The van der Waals surface area contributed by atoms with Gasteiger partial charge in [0.25, 0.3) is 23.6 Å². The number of nitrogens with zero attached hydrogens (tertiary/aromatic N) is 4. The van der Waals surface area contributed by atoms with E-state index in [-0.39, 0.29) is 45.5 Å². The van der Waals surface area contributed by atoms with Gasteiger partial charge in [0.1, 0.15) is 84.0 Å². The van der Waals surface area contributed by atoms with Crippen LogP contribution in [-0.4, -0.2) is 126 Å². The molecule has 0 aliphatic heterocycles. The molecule has 4 aromatic carbocycles. The summed E-state index contributed by atoms with van der Waals surface area (Å²) in [5.74, 6) is -4.08. The van der Waals surface area contributed by atoms with Gasteiger partial charge in [0.2, 0.25) is 0 Å². The number of urea groups is 1. The molecular formula is C45H34N10O23S6-6. The fourth-order valence-corrected chi connectivity index (χ4v) is 12.4. The second kappa shape index (κ2) is 21.4. The van der Waals surface area contributed by atoms with Crippen molar-refractivity contribution in [1.82, 2.24) is 18.3 Å². The largest absolute Gasteiger partial charge is 0.744 e. The predicted molar refractivity (Wildman–Crippen MR) is 282 cm³/mol.